The number of hydrogen-bond donors (Lipinski definition) is 0. The fourth-order valence-corrected chi connectivity index (χ4v) is 9.08. The van der Waals surface area contributed by atoms with Gasteiger partial charge in [0.05, 0.1) is 0 Å². The average molecular weight is 996 g/mol. The van der Waals surface area contributed by atoms with Crippen molar-refractivity contribution >= 4 is 17.9 Å². The fraction of sp³-hybridized carbons (Fsp3) is 0.831. The van der Waals surface area contributed by atoms with Crippen LogP contribution in [-0.4, -0.2) is 37.2 Å². The monoisotopic (exact) mass is 995 g/mol. The van der Waals surface area contributed by atoms with Gasteiger partial charge in [0.15, 0.2) is 6.10 Å². The van der Waals surface area contributed by atoms with Crippen LogP contribution >= 0.6 is 0 Å². The minimum atomic E-state index is -0.772. The maximum atomic E-state index is 12.8. The largest absolute Gasteiger partial charge is 0.462 e. The molecule has 0 saturated heterocycles. The SMILES string of the molecule is CCCC/C=C\CCCCCCCC(=O)OC(COC(=O)CCCCCCCCCCCCC)COC(=O)CCCCCCCCCCCCCCCCCC/C=C\C/C=C\C/C=C\CCCCCCC. The molecule has 0 heterocycles. The van der Waals surface area contributed by atoms with E-state index in [0.717, 1.165) is 83.5 Å². The van der Waals surface area contributed by atoms with Crippen molar-refractivity contribution in [2.45, 2.75) is 335 Å². The van der Waals surface area contributed by atoms with Crippen LogP contribution in [0.2, 0.25) is 0 Å². The van der Waals surface area contributed by atoms with Crippen LogP contribution in [0.15, 0.2) is 48.6 Å². The Bertz CT molecular complexity index is 1230. The Balaban J connectivity index is 4.06. The zero-order valence-electron chi connectivity index (χ0n) is 47.5. The predicted octanol–water partition coefficient (Wildman–Crippen LogP) is 21.0. The van der Waals surface area contributed by atoms with E-state index in [1.807, 2.05) is 0 Å². The normalized spacial score (nSPS) is 12.3. The lowest BCUT2D eigenvalue weighted by molar-refractivity contribution is -0.167. The standard InChI is InChI=1S/C65H118O6/c1-4-7-10-13-16-19-22-23-24-25-26-27-28-29-30-31-32-33-34-35-36-37-38-39-40-41-44-46-49-52-55-58-64(67)70-61-62(71-65(68)59-56-53-50-47-43-21-18-15-12-9-6-3)60-69-63(66)57-54-51-48-45-42-20-17-14-11-8-5-2/h15,18,22-23,25-26,28-29,62H,4-14,16-17,19-21,24,27,30-61H2,1-3H3/b18-15-,23-22-,26-25-,29-28-. The Labute approximate surface area is 441 Å². The molecule has 0 spiro atoms. The first-order valence-corrected chi connectivity index (χ1v) is 31.1. The topological polar surface area (TPSA) is 78.9 Å². The zero-order chi connectivity index (χ0) is 51.4. The molecule has 0 N–H and O–H groups in total. The van der Waals surface area contributed by atoms with Crippen molar-refractivity contribution in [2.75, 3.05) is 13.2 Å². The van der Waals surface area contributed by atoms with Crippen LogP contribution in [-0.2, 0) is 28.6 Å². The number of allylic oxidation sites excluding steroid dienone is 8. The van der Waals surface area contributed by atoms with Crippen molar-refractivity contribution in [3.63, 3.8) is 0 Å². The molecule has 414 valence electrons. The van der Waals surface area contributed by atoms with Gasteiger partial charge in [0.25, 0.3) is 0 Å². The molecule has 0 fully saturated rings. The van der Waals surface area contributed by atoms with Crippen LogP contribution in [0.3, 0.4) is 0 Å². The molecule has 0 aromatic rings. The second kappa shape index (κ2) is 59.9. The molecular formula is C65H118O6. The van der Waals surface area contributed by atoms with Gasteiger partial charge < -0.3 is 14.2 Å². The number of esters is 3. The van der Waals surface area contributed by atoms with Gasteiger partial charge in [-0.15, -0.1) is 0 Å². The van der Waals surface area contributed by atoms with E-state index in [1.165, 1.54) is 205 Å². The van der Waals surface area contributed by atoms with E-state index in [9.17, 15) is 14.4 Å². The third-order valence-corrected chi connectivity index (χ3v) is 13.8. The number of rotatable bonds is 57. The summed E-state index contributed by atoms with van der Waals surface area (Å²) in [6.45, 7) is 6.61. The minimum absolute atomic E-state index is 0.0722. The average Bonchev–Trinajstić information content (AvgIpc) is 3.37. The smallest absolute Gasteiger partial charge is 0.306 e. The molecule has 1 unspecified atom stereocenters. The highest BCUT2D eigenvalue weighted by Gasteiger charge is 2.19. The molecule has 0 aromatic carbocycles. The van der Waals surface area contributed by atoms with Gasteiger partial charge >= 0.3 is 17.9 Å². The predicted molar refractivity (Wildman–Crippen MR) is 307 cm³/mol. The molecule has 1 atom stereocenters. The summed E-state index contributed by atoms with van der Waals surface area (Å²) in [6, 6.07) is 0. The number of carbonyl (C=O) groups excluding carboxylic acids is 3. The van der Waals surface area contributed by atoms with E-state index in [2.05, 4.69) is 69.4 Å². The third-order valence-electron chi connectivity index (χ3n) is 13.8. The summed E-state index contributed by atoms with van der Waals surface area (Å²) in [7, 11) is 0. The van der Waals surface area contributed by atoms with E-state index in [0.29, 0.717) is 19.3 Å². The Hall–Kier alpha value is -2.63. The first-order valence-electron chi connectivity index (χ1n) is 31.1. The number of ether oxygens (including phenoxy) is 3. The van der Waals surface area contributed by atoms with Crippen molar-refractivity contribution < 1.29 is 28.6 Å². The lowest BCUT2D eigenvalue weighted by atomic mass is 10.0. The van der Waals surface area contributed by atoms with Crippen LogP contribution < -0.4 is 0 Å². The molecule has 0 radical (unpaired) electrons. The van der Waals surface area contributed by atoms with E-state index >= 15 is 0 Å². The zero-order valence-corrected chi connectivity index (χ0v) is 47.5. The van der Waals surface area contributed by atoms with Crippen molar-refractivity contribution in [2.24, 2.45) is 0 Å². The molecule has 0 saturated carbocycles. The van der Waals surface area contributed by atoms with E-state index in [-0.39, 0.29) is 31.1 Å². The van der Waals surface area contributed by atoms with Crippen LogP contribution in [0.25, 0.3) is 0 Å². The van der Waals surface area contributed by atoms with Gasteiger partial charge in [0.2, 0.25) is 0 Å². The molecule has 0 rings (SSSR count). The van der Waals surface area contributed by atoms with Crippen molar-refractivity contribution in [3.05, 3.63) is 48.6 Å². The second-order valence-corrected chi connectivity index (χ2v) is 21.0. The molecule has 71 heavy (non-hydrogen) atoms. The van der Waals surface area contributed by atoms with Gasteiger partial charge in [-0.3, -0.25) is 14.4 Å². The Morgan fingerprint density at radius 2 is 0.521 bits per heavy atom. The summed E-state index contributed by atoms with van der Waals surface area (Å²) in [5.41, 5.74) is 0. The van der Waals surface area contributed by atoms with Crippen LogP contribution in [0.5, 0.6) is 0 Å². The molecule has 6 heteroatoms. The van der Waals surface area contributed by atoms with Gasteiger partial charge in [-0.1, -0.05) is 281 Å². The van der Waals surface area contributed by atoms with E-state index in [1.54, 1.807) is 0 Å². The van der Waals surface area contributed by atoms with Crippen LogP contribution in [0.1, 0.15) is 329 Å². The number of carbonyl (C=O) groups is 3. The highest BCUT2D eigenvalue weighted by Crippen LogP contribution is 2.17. The van der Waals surface area contributed by atoms with Gasteiger partial charge in [0, 0.05) is 19.3 Å². The molecule has 0 aliphatic rings. The van der Waals surface area contributed by atoms with Gasteiger partial charge in [-0.05, 0) is 77.0 Å². The number of unbranched alkanes of at least 4 members (excludes halogenated alkanes) is 38. The highest BCUT2D eigenvalue weighted by atomic mass is 16.6. The lowest BCUT2D eigenvalue weighted by Gasteiger charge is -2.18. The number of hydrogen-bond acceptors (Lipinski definition) is 6. The maximum absolute atomic E-state index is 12.8. The van der Waals surface area contributed by atoms with Gasteiger partial charge in [-0.25, -0.2) is 0 Å². The quantitative estimate of drug-likeness (QED) is 0.0261. The first-order chi connectivity index (χ1) is 35.0. The minimum Gasteiger partial charge on any atom is -0.462 e. The molecule has 0 bridgehead atoms. The molecule has 0 aromatic heterocycles. The van der Waals surface area contributed by atoms with Gasteiger partial charge in [-0.2, -0.15) is 0 Å². The molecule has 0 aliphatic carbocycles. The summed E-state index contributed by atoms with van der Waals surface area (Å²) in [5.74, 6) is -0.868. The maximum Gasteiger partial charge on any atom is 0.306 e. The Kier molecular flexibility index (Phi) is 57.7. The summed E-state index contributed by atoms with van der Waals surface area (Å²) >= 11 is 0. The molecule has 6 nitrogen and oxygen atoms in total. The van der Waals surface area contributed by atoms with Crippen LogP contribution in [0, 0.1) is 0 Å². The second-order valence-electron chi connectivity index (χ2n) is 21.0. The van der Waals surface area contributed by atoms with Gasteiger partial charge in [0.1, 0.15) is 13.2 Å². The van der Waals surface area contributed by atoms with Crippen molar-refractivity contribution in [3.8, 4) is 0 Å². The Morgan fingerprint density at radius 1 is 0.282 bits per heavy atom. The van der Waals surface area contributed by atoms with Crippen molar-refractivity contribution in [1.82, 2.24) is 0 Å². The summed E-state index contributed by atoms with van der Waals surface area (Å²) in [4.78, 5) is 38.0. The third kappa shape index (κ3) is 58.1. The lowest BCUT2D eigenvalue weighted by Crippen LogP contribution is -2.30. The highest BCUT2D eigenvalue weighted by molar-refractivity contribution is 5.71. The molecule has 0 amide bonds. The molecule has 0 aliphatic heterocycles. The van der Waals surface area contributed by atoms with E-state index in [4.69, 9.17) is 14.2 Å². The summed E-state index contributed by atoms with van der Waals surface area (Å²) in [5, 5.41) is 0. The summed E-state index contributed by atoms with van der Waals surface area (Å²) < 4.78 is 16.8. The van der Waals surface area contributed by atoms with E-state index < -0.39 is 6.10 Å². The fourth-order valence-electron chi connectivity index (χ4n) is 9.08. The first kappa shape index (κ1) is 68.4. The Morgan fingerprint density at radius 3 is 0.845 bits per heavy atom. The van der Waals surface area contributed by atoms with Crippen molar-refractivity contribution in [1.29, 1.82) is 0 Å². The summed E-state index contributed by atoms with van der Waals surface area (Å²) in [6.07, 6.45) is 74.2. The molecular weight excluding hydrogens is 877 g/mol. The van der Waals surface area contributed by atoms with Crippen LogP contribution in [0.4, 0.5) is 0 Å².